The first kappa shape index (κ1) is 19.1. The normalized spacial score (nSPS) is 10.4. The number of halogens is 1. The third-order valence-electron chi connectivity index (χ3n) is 3.49. The Bertz CT molecular complexity index is 850. The van der Waals surface area contributed by atoms with Gasteiger partial charge in [0.2, 0.25) is 5.91 Å². The molecule has 9 heteroatoms. The summed E-state index contributed by atoms with van der Waals surface area (Å²) in [6, 6.07) is 6.70. The molecule has 1 aromatic heterocycles. The predicted octanol–water partition coefficient (Wildman–Crippen LogP) is 3.75. The average molecular weight is 426 g/mol. The third-order valence-corrected chi connectivity index (χ3v) is 5.01. The number of amides is 2. The number of thiophene rings is 1. The van der Waals surface area contributed by atoms with Crippen LogP contribution in [0.3, 0.4) is 0 Å². The zero-order valence-electron chi connectivity index (χ0n) is 13.8. The van der Waals surface area contributed by atoms with Crippen molar-refractivity contribution in [3.05, 3.63) is 54.2 Å². The van der Waals surface area contributed by atoms with Gasteiger partial charge in [0, 0.05) is 23.3 Å². The largest absolute Gasteiger partial charge is 0.332 e. The molecule has 25 heavy (non-hydrogen) atoms. The van der Waals surface area contributed by atoms with Crippen molar-refractivity contribution >= 4 is 50.5 Å². The summed E-state index contributed by atoms with van der Waals surface area (Å²) < 4.78 is 0.907. The fourth-order valence-corrected chi connectivity index (χ4v) is 3.65. The molecule has 0 atom stereocenters. The summed E-state index contributed by atoms with van der Waals surface area (Å²) in [6.07, 6.45) is 0. The van der Waals surface area contributed by atoms with E-state index in [0.29, 0.717) is 10.6 Å². The number of likely N-dealkylation sites (N-methyl/N-ethyl adjacent to an activating group) is 1. The average Bonchev–Trinajstić information content (AvgIpc) is 2.91. The Hall–Kier alpha value is -2.26. The van der Waals surface area contributed by atoms with E-state index in [1.54, 1.807) is 13.0 Å². The molecule has 0 aliphatic carbocycles. The molecule has 2 amide bonds. The molecular formula is C16H16BrN3O4S. The highest BCUT2D eigenvalue weighted by molar-refractivity contribution is 9.10. The van der Waals surface area contributed by atoms with Gasteiger partial charge in [-0.1, -0.05) is 15.9 Å². The van der Waals surface area contributed by atoms with E-state index in [1.807, 2.05) is 19.1 Å². The van der Waals surface area contributed by atoms with E-state index in [2.05, 4.69) is 21.2 Å². The molecule has 0 saturated carbocycles. The summed E-state index contributed by atoms with van der Waals surface area (Å²) >= 11 is 4.40. The Kier molecular flexibility index (Phi) is 5.91. The number of benzene rings is 1. The second kappa shape index (κ2) is 7.75. The van der Waals surface area contributed by atoms with Gasteiger partial charge in [0.25, 0.3) is 11.6 Å². The van der Waals surface area contributed by atoms with Crippen LogP contribution in [0.1, 0.15) is 20.1 Å². The number of carbonyl (C=O) groups is 2. The Labute approximate surface area is 156 Å². The van der Waals surface area contributed by atoms with Crippen LogP contribution in [0.15, 0.2) is 28.7 Å². The molecule has 1 N–H and O–H groups in total. The van der Waals surface area contributed by atoms with E-state index in [1.165, 1.54) is 18.0 Å². The van der Waals surface area contributed by atoms with E-state index in [-0.39, 0.29) is 23.0 Å². The molecule has 0 bridgehead atoms. The molecular weight excluding hydrogens is 410 g/mol. The van der Waals surface area contributed by atoms with E-state index in [4.69, 9.17) is 0 Å². The Morgan fingerprint density at radius 3 is 2.56 bits per heavy atom. The standard InChI is InChI=1S/C16H16BrN3O4S/c1-9-6-11(17)4-5-12(9)18-15(21)8-19(3)16(22)14-7-13(20(23)24)10(2)25-14/h4-7H,8H2,1-3H3,(H,18,21). The molecule has 0 spiro atoms. The van der Waals surface area contributed by atoms with E-state index >= 15 is 0 Å². The highest BCUT2D eigenvalue weighted by Gasteiger charge is 2.23. The maximum Gasteiger partial charge on any atom is 0.283 e. The van der Waals surface area contributed by atoms with Crippen LogP contribution in [0, 0.1) is 24.0 Å². The number of anilines is 1. The van der Waals surface area contributed by atoms with Gasteiger partial charge in [-0.15, -0.1) is 11.3 Å². The van der Waals surface area contributed by atoms with E-state index in [0.717, 1.165) is 21.4 Å². The molecule has 1 heterocycles. The number of hydrogen-bond acceptors (Lipinski definition) is 5. The molecule has 0 aliphatic heterocycles. The van der Waals surface area contributed by atoms with Gasteiger partial charge in [-0.3, -0.25) is 19.7 Å². The molecule has 0 radical (unpaired) electrons. The fourth-order valence-electron chi connectivity index (χ4n) is 2.19. The number of carbonyl (C=O) groups excluding carboxylic acids is 2. The van der Waals surface area contributed by atoms with Gasteiger partial charge in [-0.2, -0.15) is 0 Å². The topological polar surface area (TPSA) is 92.6 Å². The van der Waals surface area contributed by atoms with Crippen LogP contribution < -0.4 is 5.32 Å². The number of nitrogens with zero attached hydrogens (tertiary/aromatic N) is 2. The molecule has 0 unspecified atom stereocenters. The van der Waals surface area contributed by atoms with Crippen LogP contribution in [0.25, 0.3) is 0 Å². The summed E-state index contributed by atoms with van der Waals surface area (Å²) in [5.74, 6) is -0.770. The molecule has 1 aromatic carbocycles. The van der Waals surface area contributed by atoms with Crippen molar-refractivity contribution < 1.29 is 14.5 Å². The zero-order valence-corrected chi connectivity index (χ0v) is 16.2. The van der Waals surface area contributed by atoms with Crippen molar-refractivity contribution in [1.82, 2.24) is 4.90 Å². The SMILES string of the molecule is Cc1cc(Br)ccc1NC(=O)CN(C)C(=O)c1cc([N+](=O)[O-])c(C)s1. The summed E-state index contributed by atoms with van der Waals surface area (Å²) in [6.45, 7) is 3.30. The predicted molar refractivity (Wildman–Crippen MR) is 100 cm³/mol. The van der Waals surface area contributed by atoms with Gasteiger partial charge in [-0.05, 0) is 37.6 Å². The lowest BCUT2D eigenvalue weighted by molar-refractivity contribution is -0.385. The van der Waals surface area contributed by atoms with Gasteiger partial charge < -0.3 is 10.2 Å². The van der Waals surface area contributed by atoms with Gasteiger partial charge in [0.15, 0.2) is 0 Å². The second-order valence-corrected chi connectivity index (χ2v) is 7.65. The first-order valence-electron chi connectivity index (χ1n) is 7.25. The number of hydrogen-bond donors (Lipinski definition) is 1. The Morgan fingerprint density at radius 2 is 2.00 bits per heavy atom. The molecule has 0 saturated heterocycles. The van der Waals surface area contributed by atoms with Gasteiger partial charge in [0.05, 0.1) is 21.2 Å². The first-order chi connectivity index (χ1) is 11.7. The van der Waals surface area contributed by atoms with Crippen molar-refractivity contribution in [2.75, 3.05) is 18.9 Å². The molecule has 132 valence electrons. The van der Waals surface area contributed by atoms with Crippen molar-refractivity contribution in [1.29, 1.82) is 0 Å². The number of rotatable bonds is 5. The summed E-state index contributed by atoms with van der Waals surface area (Å²) in [5.41, 5.74) is 1.47. The van der Waals surface area contributed by atoms with Crippen LogP contribution in [0.4, 0.5) is 11.4 Å². The van der Waals surface area contributed by atoms with E-state index < -0.39 is 10.8 Å². The van der Waals surface area contributed by atoms with Gasteiger partial charge >= 0.3 is 0 Å². The minimum Gasteiger partial charge on any atom is -0.332 e. The van der Waals surface area contributed by atoms with Crippen LogP contribution in [0.5, 0.6) is 0 Å². The lowest BCUT2D eigenvalue weighted by atomic mass is 10.2. The number of nitro groups is 1. The monoisotopic (exact) mass is 425 g/mol. The van der Waals surface area contributed by atoms with Gasteiger partial charge in [-0.25, -0.2) is 0 Å². The number of aryl methyl sites for hydroxylation is 2. The summed E-state index contributed by atoms with van der Waals surface area (Å²) in [4.78, 5) is 36.8. The molecule has 7 nitrogen and oxygen atoms in total. The summed E-state index contributed by atoms with van der Waals surface area (Å²) in [5, 5.41) is 13.6. The van der Waals surface area contributed by atoms with Crippen LogP contribution >= 0.6 is 27.3 Å². The lowest BCUT2D eigenvalue weighted by Crippen LogP contribution is -2.34. The maximum absolute atomic E-state index is 12.4. The molecule has 2 aromatic rings. The molecule has 0 fully saturated rings. The minimum atomic E-state index is -0.522. The van der Waals surface area contributed by atoms with E-state index in [9.17, 15) is 19.7 Å². The Morgan fingerprint density at radius 1 is 1.32 bits per heavy atom. The first-order valence-corrected chi connectivity index (χ1v) is 8.86. The minimum absolute atomic E-state index is 0.0864. The third kappa shape index (κ3) is 4.64. The smallest absolute Gasteiger partial charge is 0.283 e. The summed E-state index contributed by atoms with van der Waals surface area (Å²) in [7, 11) is 1.48. The van der Waals surface area contributed by atoms with Gasteiger partial charge in [0.1, 0.15) is 0 Å². The highest BCUT2D eigenvalue weighted by Crippen LogP contribution is 2.28. The van der Waals surface area contributed by atoms with Crippen LogP contribution in [0.2, 0.25) is 0 Å². The Balaban J connectivity index is 2.04. The van der Waals surface area contributed by atoms with Crippen molar-refractivity contribution in [3.63, 3.8) is 0 Å². The van der Waals surface area contributed by atoms with Crippen LogP contribution in [-0.4, -0.2) is 35.2 Å². The maximum atomic E-state index is 12.4. The van der Waals surface area contributed by atoms with Crippen molar-refractivity contribution in [3.8, 4) is 0 Å². The van der Waals surface area contributed by atoms with Crippen LogP contribution in [-0.2, 0) is 4.79 Å². The second-order valence-electron chi connectivity index (χ2n) is 5.48. The fraction of sp³-hybridized carbons (Fsp3) is 0.250. The van der Waals surface area contributed by atoms with Crippen molar-refractivity contribution in [2.24, 2.45) is 0 Å². The zero-order chi connectivity index (χ0) is 18.7. The number of nitrogens with one attached hydrogen (secondary N) is 1. The van der Waals surface area contributed by atoms with Crippen molar-refractivity contribution in [2.45, 2.75) is 13.8 Å². The molecule has 0 aliphatic rings. The quantitative estimate of drug-likeness (QED) is 0.582. The molecule has 2 rings (SSSR count). The highest BCUT2D eigenvalue weighted by atomic mass is 79.9. The lowest BCUT2D eigenvalue weighted by Gasteiger charge is -2.16.